The van der Waals surface area contributed by atoms with Crippen LogP contribution in [-0.2, 0) is 10.8 Å². The van der Waals surface area contributed by atoms with Gasteiger partial charge in [0, 0.05) is 64.3 Å². The minimum Gasteiger partial charge on any atom is -0.355 e. The fourth-order valence-corrected chi connectivity index (χ4v) is 4.02. The summed E-state index contributed by atoms with van der Waals surface area (Å²) in [5, 5.41) is 0.844. The minimum absolute atomic E-state index is 0.312. The zero-order valence-electron chi connectivity index (χ0n) is 13.8. The highest BCUT2D eigenvalue weighted by Gasteiger charge is 2.16. The highest BCUT2D eigenvalue weighted by Crippen LogP contribution is 2.23. The molecule has 5 nitrogen and oxygen atoms in total. The number of aryl methyl sites for hydroxylation is 1. The van der Waals surface area contributed by atoms with Crippen molar-refractivity contribution in [3.8, 4) is 11.4 Å². The van der Waals surface area contributed by atoms with Crippen molar-refractivity contribution >= 4 is 27.5 Å². The number of nitrogens with zero attached hydrogens (tertiary/aromatic N) is 4. The molecule has 0 saturated carbocycles. The molecule has 1 fully saturated rings. The summed E-state index contributed by atoms with van der Waals surface area (Å²) in [7, 11) is -0.707. The van der Waals surface area contributed by atoms with Crippen molar-refractivity contribution in [1.82, 2.24) is 15.0 Å². The molecule has 7 heteroatoms. The standard InChI is InChI=1S/C18H17FN4OS/c1-12-15-4-3-14(19)10-16(15)22-18(21-12)13-2-5-17(20-11-13)23-6-8-25(24)9-7-23/h2-5,10-11H,6-9H2,1H3. The first kappa shape index (κ1) is 16.1. The van der Waals surface area contributed by atoms with E-state index < -0.39 is 10.8 Å². The number of fused-ring (bicyclic) bond motifs is 1. The van der Waals surface area contributed by atoms with Crippen LogP contribution in [0.4, 0.5) is 10.2 Å². The molecule has 2 aromatic heterocycles. The molecule has 1 aliphatic rings. The largest absolute Gasteiger partial charge is 0.355 e. The Bertz CT molecular complexity index is 951. The summed E-state index contributed by atoms with van der Waals surface area (Å²) in [6, 6.07) is 8.39. The minimum atomic E-state index is -0.707. The van der Waals surface area contributed by atoms with Gasteiger partial charge in [0.05, 0.1) is 5.52 Å². The van der Waals surface area contributed by atoms with E-state index >= 15 is 0 Å². The van der Waals surface area contributed by atoms with Gasteiger partial charge in [0.25, 0.3) is 0 Å². The van der Waals surface area contributed by atoms with Crippen LogP contribution in [0.25, 0.3) is 22.3 Å². The summed E-state index contributed by atoms with van der Waals surface area (Å²) < 4.78 is 25.0. The maximum Gasteiger partial charge on any atom is 0.161 e. The van der Waals surface area contributed by atoms with Gasteiger partial charge in [-0.25, -0.2) is 19.3 Å². The monoisotopic (exact) mass is 356 g/mol. The van der Waals surface area contributed by atoms with Crippen LogP contribution < -0.4 is 4.90 Å². The Balaban J connectivity index is 1.66. The van der Waals surface area contributed by atoms with Crippen LogP contribution >= 0.6 is 0 Å². The van der Waals surface area contributed by atoms with Crippen LogP contribution in [0.15, 0.2) is 36.5 Å². The van der Waals surface area contributed by atoms with Crippen LogP contribution in [-0.4, -0.2) is 43.8 Å². The van der Waals surface area contributed by atoms with Gasteiger partial charge in [0.1, 0.15) is 11.6 Å². The first-order chi connectivity index (χ1) is 12.1. The van der Waals surface area contributed by atoms with E-state index in [4.69, 9.17) is 0 Å². The maximum absolute atomic E-state index is 13.5. The molecular weight excluding hydrogens is 339 g/mol. The van der Waals surface area contributed by atoms with Crippen LogP contribution in [0.1, 0.15) is 5.69 Å². The van der Waals surface area contributed by atoms with E-state index in [0.29, 0.717) is 22.8 Å². The van der Waals surface area contributed by atoms with Crippen molar-refractivity contribution in [2.24, 2.45) is 0 Å². The van der Waals surface area contributed by atoms with E-state index in [9.17, 15) is 8.60 Å². The predicted octanol–water partition coefficient (Wildman–Crippen LogP) is 2.71. The van der Waals surface area contributed by atoms with Crippen molar-refractivity contribution in [3.05, 3.63) is 48.0 Å². The Hall–Kier alpha value is -2.41. The average Bonchev–Trinajstić information content (AvgIpc) is 2.62. The molecule has 0 atom stereocenters. The molecule has 4 rings (SSSR count). The topological polar surface area (TPSA) is 59.0 Å². The maximum atomic E-state index is 13.5. The Kier molecular flexibility index (Phi) is 4.17. The normalized spacial score (nSPS) is 15.7. The average molecular weight is 356 g/mol. The molecule has 0 unspecified atom stereocenters. The first-order valence-electron chi connectivity index (χ1n) is 8.10. The SMILES string of the molecule is Cc1nc(-c2ccc(N3CCS(=O)CC3)nc2)nc2cc(F)ccc12. The van der Waals surface area contributed by atoms with Crippen LogP contribution in [0, 0.1) is 12.7 Å². The van der Waals surface area contributed by atoms with E-state index in [1.807, 2.05) is 19.1 Å². The van der Waals surface area contributed by atoms with Crippen LogP contribution in [0.3, 0.4) is 0 Å². The van der Waals surface area contributed by atoms with E-state index in [-0.39, 0.29) is 5.82 Å². The molecule has 0 radical (unpaired) electrons. The summed E-state index contributed by atoms with van der Waals surface area (Å²) in [4.78, 5) is 15.6. The number of anilines is 1. The zero-order chi connectivity index (χ0) is 17.4. The van der Waals surface area contributed by atoms with Gasteiger partial charge in [0.2, 0.25) is 0 Å². The second-order valence-corrected chi connectivity index (χ2v) is 7.73. The Morgan fingerprint density at radius 1 is 1.12 bits per heavy atom. The summed E-state index contributed by atoms with van der Waals surface area (Å²) in [6.45, 7) is 3.40. The molecule has 0 aliphatic carbocycles. The number of pyridine rings is 1. The molecule has 0 bridgehead atoms. The zero-order valence-corrected chi connectivity index (χ0v) is 14.6. The number of hydrogen-bond donors (Lipinski definition) is 0. The molecule has 25 heavy (non-hydrogen) atoms. The fourth-order valence-electron chi connectivity index (χ4n) is 2.96. The molecule has 1 aliphatic heterocycles. The lowest BCUT2D eigenvalue weighted by Crippen LogP contribution is -2.38. The molecule has 0 spiro atoms. The van der Waals surface area contributed by atoms with Crippen LogP contribution in [0.5, 0.6) is 0 Å². The van der Waals surface area contributed by atoms with E-state index in [2.05, 4.69) is 19.9 Å². The molecule has 3 heterocycles. The first-order valence-corrected chi connectivity index (χ1v) is 9.59. The molecule has 1 saturated heterocycles. The van der Waals surface area contributed by atoms with Gasteiger partial charge < -0.3 is 4.90 Å². The van der Waals surface area contributed by atoms with Crippen molar-refractivity contribution in [2.45, 2.75) is 6.92 Å². The Morgan fingerprint density at radius 3 is 2.64 bits per heavy atom. The van der Waals surface area contributed by atoms with Gasteiger partial charge in [0.15, 0.2) is 5.82 Å². The van der Waals surface area contributed by atoms with Gasteiger partial charge in [-0.3, -0.25) is 4.21 Å². The van der Waals surface area contributed by atoms with Crippen molar-refractivity contribution in [1.29, 1.82) is 0 Å². The predicted molar refractivity (Wildman–Crippen MR) is 97.6 cm³/mol. The third kappa shape index (κ3) is 3.24. The summed E-state index contributed by atoms with van der Waals surface area (Å²) in [5.74, 6) is 2.45. The van der Waals surface area contributed by atoms with Gasteiger partial charge in [-0.05, 0) is 31.2 Å². The number of rotatable bonds is 2. The highest BCUT2D eigenvalue weighted by molar-refractivity contribution is 7.85. The molecular formula is C18H17FN4OS. The fraction of sp³-hybridized carbons (Fsp3) is 0.278. The molecule has 1 aromatic carbocycles. The summed E-state index contributed by atoms with van der Waals surface area (Å²) in [5.41, 5.74) is 2.19. The van der Waals surface area contributed by atoms with Crippen molar-refractivity contribution in [3.63, 3.8) is 0 Å². The van der Waals surface area contributed by atoms with Crippen molar-refractivity contribution < 1.29 is 8.60 Å². The van der Waals surface area contributed by atoms with Gasteiger partial charge in [-0.1, -0.05) is 0 Å². The van der Waals surface area contributed by atoms with E-state index in [1.165, 1.54) is 12.1 Å². The lowest BCUT2D eigenvalue weighted by Gasteiger charge is -2.27. The third-order valence-electron chi connectivity index (χ3n) is 4.36. The second kappa shape index (κ2) is 6.48. The lowest BCUT2D eigenvalue weighted by molar-refractivity contribution is 0.629. The quantitative estimate of drug-likeness (QED) is 0.707. The van der Waals surface area contributed by atoms with E-state index in [0.717, 1.165) is 35.6 Å². The van der Waals surface area contributed by atoms with Gasteiger partial charge >= 0.3 is 0 Å². The van der Waals surface area contributed by atoms with Gasteiger partial charge in [-0.2, -0.15) is 0 Å². The lowest BCUT2D eigenvalue weighted by atomic mass is 10.1. The number of aromatic nitrogens is 3. The summed E-state index contributed by atoms with van der Waals surface area (Å²) >= 11 is 0. The smallest absolute Gasteiger partial charge is 0.161 e. The van der Waals surface area contributed by atoms with Gasteiger partial charge in [-0.15, -0.1) is 0 Å². The number of halogens is 1. The summed E-state index contributed by atoms with van der Waals surface area (Å²) in [6.07, 6.45) is 1.74. The van der Waals surface area contributed by atoms with Crippen molar-refractivity contribution in [2.75, 3.05) is 29.5 Å². The van der Waals surface area contributed by atoms with E-state index in [1.54, 1.807) is 12.3 Å². The second-order valence-electron chi connectivity index (χ2n) is 6.03. The Labute approximate surface area is 147 Å². The molecule has 0 amide bonds. The highest BCUT2D eigenvalue weighted by atomic mass is 32.2. The number of hydrogen-bond acceptors (Lipinski definition) is 5. The molecule has 0 N–H and O–H groups in total. The number of benzene rings is 1. The van der Waals surface area contributed by atoms with Crippen LogP contribution in [0.2, 0.25) is 0 Å². The molecule has 3 aromatic rings. The molecule has 128 valence electrons. The third-order valence-corrected chi connectivity index (χ3v) is 5.63. The Morgan fingerprint density at radius 2 is 1.92 bits per heavy atom.